The number of amides is 2. The van der Waals surface area contributed by atoms with E-state index in [0.29, 0.717) is 16.6 Å². The third-order valence-electron chi connectivity index (χ3n) is 4.94. The molecular weight excluding hydrogens is 407 g/mol. The van der Waals surface area contributed by atoms with Crippen molar-refractivity contribution >= 4 is 35.0 Å². The Balaban J connectivity index is 2.25. The monoisotopic (exact) mass is 434 g/mol. The normalized spacial score (nSPS) is 12.9. The molecule has 0 aliphatic carbocycles. The van der Waals surface area contributed by atoms with Crippen LogP contribution in [0.15, 0.2) is 42.5 Å². The first-order chi connectivity index (χ1) is 13.7. The number of benzene rings is 2. The summed E-state index contributed by atoms with van der Waals surface area (Å²) in [7, 11) is 0. The molecule has 0 bridgehead atoms. The summed E-state index contributed by atoms with van der Waals surface area (Å²) < 4.78 is 0. The summed E-state index contributed by atoms with van der Waals surface area (Å²) in [5.74, 6) is -0.300. The lowest BCUT2D eigenvalue weighted by atomic mass is 10.1. The van der Waals surface area contributed by atoms with Crippen molar-refractivity contribution in [2.75, 3.05) is 0 Å². The molecular formula is C23H28Cl2N2O2. The van der Waals surface area contributed by atoms with Crippen LogP contribution in [0.25, 0.3) is 0 Å². The van der Waals surface area contributed by atoms with Gasteiger partial charge in [-0.2, -0.15) is 0 Å². The molecule has 0 fully saturated rings. The smallest absolute Gasteiger partial charge is 0.242 e. The van der Waals surface area contributed by atoms with E-state index in [4.69, 9.17) is 23.2 Å². The number of nitrogens with zero attached hydrogens (tertiary/aromatic N) is 1. The van der Waals surface area contributed by atoms with Gasteiger partial charge in [-0.3, -0.25) is 9.59 Å². The van der Waals surface area contributed by atoms with Crippen LogP contribution in [0.3, 0.4) is 0 Å². The summed E-state index contributed by atoms with van der Waals surface area (Å²) in [6.45, 7) is 8.09. The minimum absolute atomic E-state index is 0.0518. The molecule has 0 aliphatic rings. The first-order valence-electron chi connectivity index (χ1n) is 9.80. The summed E-state index contributed by atoms with van der Waals surface area (Å²) in [6.07, 6.45) is 0.969. The van der Waals surface area contributed by atoms with Crippen molar-refractivity contribution in [3.8, 4) is 0 Å². The van der Waals surface area contributed by atoms with Crippen LogP contribution < -0.4 is 5.32 Å². The van der Waals surface area contributed by atoms with E-state index in [1.54, 1.807) is 30.0 Å². The number of halogens is 2. The summed E-state index contributed by atoms with van der Waals surface area (Å²) >= 11 is 12.1. The molecule has 29 heavy (non-hydrogen) atoms. The zero-order valence-electron chi connectivity index (χ0n) is 17.3. The first kappa shape index (κ1) is 23.2. The van der Waals surface area contributed by atoms with Crippen molar-refractivity contribution in [2.24, 2.45) is 0 Å². The molecule has 2 atom stereocenters. The standard InChI is InChI=1S/C23H28Cl2N2O2/c1-5-16(3)26-23(29)17(4)27(14-19-8-6-7-15(2)11-19)22(28)13-18-9-10-20(24)21(25)12-18/h6-12,16-17H,5,13-14H2,1-4H3,(H,26,29)/t16-,17+/m0/s1. The van der Waals surface area contributed by atoms with E-state index in [9.17, 15) is 9.59 Å². The maximum atomic E-state index is 13.2. The van der Waals surface area contributed by atoms with Crippen molar-refractivity contribution in [1.82, 2.24) is 10.2 Å². The third kappa shape index (κ3) is 6.76. The van der Waals surface area contributed by atoms with Crippen LogP contribution in [0.1, 0.15) is 43.9 Å². The fourth-order valence-corrected chi connectivity index (χ4v) is 3.30. The molecule has 6 heteroatoms. The molecule has 156 valence electrons. The zero-order valence-corrected chi connectivity index (χ0v) is 18.8. The molecule has 0 aromatic heterocycles. The molecule has 2 rings (SSSR count). The Morgan fingerprint density at radius 2 is 1.76 bits per heavy atom. The Labute approximate surface area is 183 Å². The fraction of sp³-hybridized carbons (Fsp3) is 0.391. The Hall–Kier alpha value is -2.04. The quantitative estimate of drug-likeness (QED) is 0.622. The predicted molar refractivity (Wildman–Crippen MR) is 119 cm³/mol. The van der Waals surface area contributed by atoms with Gasteiger partial charge in [0.15, 0.2) is 0 Å². The van der Waals surface area contributed by atoms with E-state index in [1.807, 2.05) is 45.0 Å². The molecule has 0 unspecified atom stereocenters. The molecule has 0 aliphatic heterocycles. The number of rotatable bonds is 8. The van der Waals surface area contributed by atoms with Gasteiger partial charge in [-0.25, -0.2) is 0 Å². The molecule has 1 N–H and O–H groups in total. The van der Waals surface area contributed by atoms with Crippen LogP contribution in [0.4, 0.5) is 0 Å². The minimum Gasteiger partial charge on any atom is -0.352 e. The second kappa shape index (κ2) is 10.7. The molecule has 0 saturated carbocycles. The summed E-state index contributed by atoms with van der Waals surface area (Å²) in [5.41, 5.74) is 2.85. The van der Waals surface area contributed by atoms with Gasteiger partial charge in [0.05, 0.1) is 16.5 Å². The van der Waals surface area contributed by atoms with Gasteiger partial charge in [0, 0.05) is 12.6 Å². The number of aryl methyl sites for hydroxylation is 1. The van der Waals surface area contributed by atoms with Gasteiger partial charge in [-0.15, -0.1) is 0 Å². The summed E-state index contributed by atoms with van der Waals surface area (Å²) in [4.78, 5) is 27.5. The SMILES string of the molecule is CC[C@H](C)NC(=O)[C@@H](C)N(Cc1cccc(C)c1)C(=O)Cc1ccc(Cl)c(Cl)c1. The lowest BCUT2D eigenvalue weighted by Crippen LogP contribution is -2.49. The van der Waals surface area contributed by atoms with E-state index in [-0.39, 0.29) is 24.3 Å². The maximum Gasteiger partial charge on any atom is 0.242 e. The van der Waals surface area contributed by atoms with E-state index < -0.39 is 6.04 Å². The first-order valence-corrected chi connectivity index (χ1v) is 10.6. The van der Waals surface area contributed by atoms with Gasteiger partial charge in [0.2, 0.25) is 11.8 Å². The van der Waals surface area contributed by atoms with Crippen molar-refractivity contribution in [1.29, 1.82) is 0 Å². The maximum absolute atomic E-state index is 13.2. The summed E-state index contributed by atoms with van der Waals surface area (Å²) in [5, 5.41) is 3.82. The molecule has 0 spiro atoms. The second-order valence-corrected chi connectivity index (χ2v) is 8.24. The van der Waals surface area contributed by atoms with E-state index >= 15 is 0 Å². The number of hydrogen-bond acceptors (Lipinski definition) is 2. The summed E-state index contributed by atoms with van der Waals surface area (Å²) in [6, 6.07) is 12.6. The highest BCUT2D eigenvalue weighted by atomic mass is 35.5. The molecule has 2 aromatic carbocycles. The lowest BCUT2D eigenvalue weighted by molar-refractivity contribution is -0.140. The van der Waals surface area contributed by atoms with E-state index in [2.05, 4.69) is 5.32 Å². The van der Waals surface area contributed by atoms with Gasteiger partial charge in [0.25, 0.3) is 0 Å². The van der Waals surface area contributed by atoms with Gasteiger partial charge in [-0.1, -0.05) is 66.0 Å². The molecule has 4 nitrogen and oxygen atoms in total. The number of carbonyl (C=O) groups is 2. The van der Waals surface area contributed by atoms with Crippen molar-refractivity contribution in [3.05, 3.63) is 69.2 Å². The average molecular weight is 435 g/mol. The number of nitrogens with one attached hydrogen (secondary N) is 1. The highest BCUT2D eigenvalue weighted by Crippen LogP contribution is 2.23. The van der Waals surface area contributed by atoms with Crippen molar-refractivity contribution in [2.45, 2.75) is 59.2 Å². The zero-order chi connectivity index (χ0) is 21.6. The van der Waals surface area contributed by atoms with Crippen LogP contribution in [0, 0.1) is 6.92 Å². The Kier molecular flexibility index (Phi) is 8.54. The molecule has 2 aromatic rings. The molecule has 0 heterocycles. The molecule has 2 amide bonds. The van der Waals surface area contributed by atoms with Crippen LogP contribution in [-0.4, -0.2) is 28.8 Å². The van der Waals surface area contributed by atoms with Crippen molar-refractivity contribution < 1.29 is 9.59 Å². The third-order valence-corrected chi connectivity index (χ3v) is 5.68. The Bertz CT molecular complexity index is 870. The average Bonchev–Trinajstić information content (AvgIpc) is 2.68. The van der Waals surface area contributed by atoms with Gasteiger partial charge >= 0.3 is 0 Å². The second-order valence-electron chi connectivity index (χ2n) is 7.43. The lowest BCUT2D eigenvalue weighted by Gasteiger charge is -2.30. The van der Waals surface area contributed by atoms with E-state index in [1.165, 1.54) is 0 Å². The number of hydrogen-bond donors (Lipinski definition) is 1. The van der Waals surface area contributed by atoms with E-state index in [0.717, 1.165) is 23.1 Å². The van der Waals surface area contributed by atoms with Crippen LogP contribution >= 0.6 is 23.2 Å². The molecule has 0 saturated heterocycles. The fourth-order valence-electron chi connectivity index (χ4n) is 2.98. The Morgan fingerprint density at radius 3 is 2.38 bits per heavy atom. The van der Waals surface area contributed by atoms with Gasteiger partial charge in [-0.05, 0) is 50.5 Å². The highest BCUT2D eigenvalue weighted by molar-refractivity contribution is 6.42. The van der Waals surface area contributed by atoms with Gasteiger partial charge in [0.1, 0.15) is 6.04 Å². The largest absolute Gasteiger partial charge is 0.352 e. The Morgan fingerprint density at radius 1 is 1.03 bits per heavy atom. The van der Waals surface area contributed by atoms with Crippen LogP contribution in [-0.2, 0) is 22.6 Å². The van der Waals surface area contributed by atoms with Gasteiger partial charge < -0.3 is 10.2 Å². The predicted octanol–water partition coefficient (Wildman–Crippen LogP) is 5.18. The van der Waals surface area contributed by atoms with Crippen molar-refractivity contribution in [3.63, 3.8) is 0 Å². The highest BCUT2D eigenvalue weighted by Gasteiger charge is 2.27. The number of carbonyl (C=O) groups excluding carboxylic acids is 2. The van der Waals surface area contributed by atoms with Crippen LogP contribution in [0.2, 0.25) is 10.0 Å². The minimum atomic E-state index is -0.597. The topological polar surface area (TPSA) is 49.4 Å². The van der Waals surface area contributed by atoms with Crippen LogP contribution in [0.5, 0.6) is 0 Å². The molecule has 0 radical (unpaired) electrons.